The van der Waals surface area contributed by atoms with Gasteiger partial charge in [0.1, 0.15) is 24.0 Å². The van der Waals surface area contributed by atoms with Gasteiger partial charge in [0.25, 0.3) is 5.91 Å². The van der Waals surface area contributed by atoms with Crippen molar-refractivity contribution in [1.82, 2.24) is 0 Å². The van der Waals surface area contributed by atoms with Gasteiger partial charge in [-0.05, 0) is 88.9 Å². The zero-order valence-electron chi connectivity index (χ0n) is 21.6. The fourth-order valence-corrected chi connectivity index (χ4v) is 4.38. The third kappa shape index (κ3) is 7.59. The Hall–Kier alpha value is -2.81. The summed E-state index contributed by atoms with van der Waals surface area (Å²) in [5.41, 5.74) is 8.67. The first-order valence-electron chi connectivity index (χ1n) is 12.1. The molecule has 0 aromatic heterocycles. The lowest BCUT2D eigenvalue weighted by molar-refractivity contribution is -0.157. The Bertz CT molecular complexity index is 1090. The molecule has 0 spiro atoms. The fraction of sp³-hybridized carbons (Fsp3) is 0.481. The van der Waals surface area contributed by atoms with E-state index in [4.69, 9.17) is 26.8 Å². The zero-order valence-corrected chi connectivity index (χ0v) is 22.3. The van der Waals surface area contributed by atoms with Crippen LogP contribution in [0.4, 0.5) is 11.4 Å². The molecule has 2 aromatic carbocycles. The lowest BCUT2D eigenvalue weighted by atomic mass is 10.0. The molecule has 4 N–H and O–H groups in total. The minimum absolute atomic E-state index is 0.0430. The average Bonchev–Trinajstić information content (AvgIpc) is 2.76. The number of carbonyl (C=O) groups excluding carboxylic acids is 2. The Morgan fingerprint density at radius 1 is 1.19 bits per heavy atom. The van der Waals surface area contributed by atoms with Crippen molar-refractivity contribution in [3.8, 4) is 5.75 Å². The summed E-state index contributed by atoms with van der Waals surface area (Å²) in [5.74, 6) is -0.252. The van der Waals surface area contributed by atoms with Crippen molar-refractivity contribution in [2.75, 3.05) is 29.9 Å². The number of nitrogens with one attached hydrogen (secondary N) is 1. The number of β-amino-alcohol motifs (C(OH)–C–C–N with tert-alkyl or cyclic N) is 1. The Kier molecular flexibility index (Phi) is 8.87. The van der Waals surface area contributed by atoms with E-state index >= 15 is 0 Å². The van der Waals surface area contributed by atoms with Gasteiger partial charge in [0.15, 0.2) is 0 Å². The predicted octanol–water partition coefficient (Wildman–Crippen LogP) is 4.22. The second-order valence-electron chi connectivity index (χ2n) is 10.3. The summed E-state index contributed by atoms with van der Waals surface area (Å²) in [5, 5.41) is 13.4. The van der Waals surface area contributed by atoms with Crippen molar-refractivity contribution in [2.24, 2.45) is 5.73 Å². The maximum absolute atomic E-state index is 13.0. The molecular weight excluding hydrogens is 482 g/mol. The molecule has 8 nitrogen and oxygen atoms in total. The van der Waals surface area contributed by atoms with Crippen LogP contribution in [0.3, 0.4) is 0 Å². The van der Waals surface area contributed by atoms with Gasteiger partial charge in [0.2, 0.25) is 0 Å². The van der Waals surface area contributed by atoms with Crippen LogP contribution in [-0.2, 0) is 9.53 Å². The Morgan fingerprint density at radius 3 is 2.47 bits per heavy atom. The van der Waals surface area contributed by atoms with E-state index < -0.39 is 17.6 Å². The minimum Gasteiger partial charge on any atom is -0.491 e. The van der Waals surface area contributed by atoms with Crippen LogP contribution in [0.15, 0.2) is 30.3 Å². The highest BCUT2D eigenvalue weighted by molar-refractivity contribution is 6.31. The van der Waals surface area contributed by atoms with Crippen LogP contribution in [0.1, 0.15) is 55.1 Å². The normalized spacial score (nSPS) is 16.9. The van der Waals surface area contributed by atoms with Crippen molar-refractivity contribution in [1.29, 1.82) is 0 Å². The van der Waals surface area contributed by atoms with Crippen LogP contribution in [0.25, 0.3) is 0 Å². The van der Waals surface area contributed by atoms with Gasteiger partial charge in [-0.15, -0.1) is 0 Å². The summed E-state index contributed by atoms with van der Waals surface area (Å²) >= 11 is 6.32. The van der Waals surface area contributed by atoms with E-state index in [1.54, 1.807) is 39.0 Å². The number of aliphatic hydroxyl groups is 1. The van der Waals surface area contributed by atoms with Crippen LogP contribution < -0.4 is 20.7 Å². The first-order valence-corrected chi connectivity index (χ1v) is 12.5. The van der Waals surface area contributed by atoms with E-state index in [9.17, 15) is 14.7 Å². The largest absolute Gasteiger partial charge is 0.491 e. The molecule has 1 fully saturated rings. The summed E-state index contributed by atoms with van der Waals surface area (Å²) in [4.78, 5) is 27.2. The molecule has 1 saturated heterocycles. The van der Waals surface area contributed by atoms with Crippen molar-refractivity contribution in [3.05, 3.63) is 52.0 Å². The van der Waals surface area contributed by atoms with Gasteiger partial charge in [-0.2, -0.15) is 0 Å². The van der Waals surface area contributed by atoms with Crippen molar-refractivity contribution >= 4 is 34.9 Å². The van der Waals surface area contributed by atoms with E-state index in [1.807, 2.05) is 26.0 Å². The van der Waals surface area contributed by atoms with E-state index in [2.05, 4.69) is 10.2 Å². The highest BCUT2D eigenvalue weighted by Gasteiger charge is 2.24. The number of esters is 1. The van der Waals surface area contributed by atoms with E-state index in [1.165, 1.54) is 0 Å². The number of ether oxygens (including phenoxy) is 2. The van der Waals surface area contributed by atoms with Gasteiger partial charge in [0, 0.05) is 35.1 Å². The number of piperidine rings is 1. The molecule has 9 heteroatoms. The molecule has 0 bridgehead atoms. The molecule has 2 atom stereocenters. The summed E-state index contributed by atoms with van der Waals surface area (Å²) in [6, 6.07) is 7.91. The molecule has 3 rings (SSSR count). The van der Waals surface area contributed by atoms with Crippen LogP contribution >= 0.6 is 11.6 Å². The number of nitrogens with two attached hydrogens (primary N) is 1. The molecule has 36 heavy (non-hydrogen) atoms. The van der Waals surface area contributed by atoms with Gasteiger partial charge in [0.05, 0.1) is 6.10 Å². The van der Waals surface area contributed by atoms with Crippen LogP contribution in [0.5, 0.6) is 5.75 Å². The maximum Gasteiger partial charge on any atom is 0.326 e. The molecule has 196 valence electrons. The third-order valence-corrected chi connectivity index (χ3v) is 5.96. The lowest BCUT2D eigenvalue weighted by Crippen LogP contribution is -2.41. The number of benzene rings is 2. The molecule has 1 aliphatic heterocycles. The Labute approximate surface area is 217 Å². The monoisotopic (exact) mass is 517 g/mol. The standard InChI is InChI=1S/C27H36ClN3O5/c1-16-9-18(10-17(2)24(16)35-15-23(29)26(34)36-27(3,4)5)25(33)30-20-11-19(28)12-21(13-20)31-8-6-7-22(32)14-31/h9-13,22-23,32H,6-8,14-15,29H2,1-5H3,(H,30,33). The van der Waals surface area contributed by atoms with Crippen molar-refractivity contribution in [3.63, 3.8) is 0 Å². The van der Waals surface area contributed by atoms with Gasteiger partial charge >= 0.3 is 5.97 Å². The molecule has 1 heterocycles. The van der Waals surface area contributed by atoms with Crippen LogP contribution in [-0.4, -0.2) is 54.4 Å². The maximum atomic E-state index is 13.0. The lowest BCUT2D eigenvalue weighted by Gasteiger charge is -2.32. The van der Waals surface area contributed by atoms with E-state index in [-0.39, 0.29) is 18.6 Å². The highest BCUT2D eigenvalue weighted by atomic mass is 35.5. The first-order chi connectivity index (χ1) is 16.8. The van der Waals surface area contributed by atoms with Gasteiger partial charge in [-0.1, -0.05) is 11.6 Å². The van der Waals surface area contributed by atoms with Gasteiger partial charge in [-0.3, -0.25) is 9.59 Å². The number of aliphatic hydroxyl groups excluding tert-OH is 1. The second kappa shape index (κ2) is 11.5. The Balaban J connectivity index is 1.69. The molecule has 1 aliphatic rings. The number of hydrogen-bond acceptors (Lipinski definition) is 7. The van der Waals surface area contributed by atoms with Crippen molar-refractivity contribution in [2.45, 2.75) is 65.2 Å². The average molecular weight is 518 g/mol. The number of nitrogens with zero attached hydrogens (tertiary/aromatic N) is 1. The van der Waals surface area contributed by atoms with E-state index in [0.717, 1.165) is 36.2 Å². The summed E-state index contributed by atoms with van der Waals surface area (Å²) in [7, 11) is 0. The topological polar surface area (TPSA) is 114 Å². The predicted molar refractivity (Wildman–Crippen MR) is 142 cm³/mol. The second-order valence-corrected chi connectivity index (χ2v) is 10.7. The number of hydrogen-bond donors (Lipinski definition) is 3. The molecule has 2 unspecified atom stereocenters. The first kappa shape index (κ1) is 27.8. The number of rotatable bonds is 7. The van der Waals surface area contributed by atoms with E-state index in [0.29, 0.717) is 28.6 Å². The SMILES string of the molecule is Cc1cc(C(=O)Nc2cc(Cl)cc(N3CCCC(O)C3)c2)cc(C)c1OCC(N)C(=O)OC(C)(C)C. The molecule has 0 radical (unpaired) electrons. The number of halogens is 1. The molecule has 2 aromatic rings. The Morgan fingerprint density at radius 2 is 1.86 bits per heavy atom. The molecule has 1 amide bonds. The highest BCUT2D eigenvalue weighted by Crippen LogP contribution is 2.29. The molecular formula is C27H36ClN3O5. The van der Waals surface area contributed by atoms with Crippen molar-refractivity contribution < 1.29 is 24.2 Å². The minimum atomic E-state index is -0.927. The third-order valence-electron chi connectivity index (χ3n) is 5.74. The summed E-state index contributed by atoms with van der Waals surface area (Å²) in [6.45, 7) is 10.3. The number of carbonyl (C=O) groups is 2. The van der Waals surface area contributed by atoms with Gasteiger partial charge < -0.3 is 30.5 Å². The van der Waals surface area contributed by atoms with Gasteiger partial charge in [-0.25, -0.2) is 0 Å². The quantitative estimate of drug-likeness (QED) is 0.471. The molecule has 0 saturated carbocycles. The number of anilines is 2. The zero-order chi connectivity index (χ0) is 26.6. The van der Waals surface area contributed by atoms with Crippen LogP contribution in [0.2, 0.25) is 5.02 Å². The number of amides is 1. The smallest absolute Gasteiger partial charge is 0.326 e. The number of aryl methyl sites for hydroxylation is 2. The summed E-state index contributed by atoms with van der Waals surface area (Å²) < 4.78 is 11.1. The molecule has 0 aliphatic carbocycles. The van der Waals surface area contributed by atoms with Crippen LogP contribution in [0, 0.1) is 13.8 Å². The fourth-order valence-electron chi connectivity index (χ4n) is 4.15. The summed E-state index contributed by atoms with van der Waals surface area (Å²) in [6.07, 6.45) is 1.30.